The van der Waals surface area contributed by atoms with Crippen molar-refractivity contribution in [3.63, 3.8) is 0 Å². The fourth-order valence-electron chi connectivity index (χ4n) is 2.86. The molecule has 18 heavy (non-hydrogen) atoms. The highest BCUT2D eigenvalue weighted by atomic mass is 32.1. The summed E-state index contributed by atoms with van der Waals surface area (Å²) in [6.07, 6.45) is 2.71. The van der Waals surface area contributed by atoms with Gasteiger partial charge in [-0.3, -0.25) is 0 Å². The average molecular weight is 265 g/mol. The van der Waals surface area contributed by atoms with E-state index in [1.165, 1.54) is 12.8 Å². The number of hydrogen-bond donors (Lipinski definition) is 1. The van der Waals surface area contributed by atoms with Crippen molar-refractivity contribution < 1.29 is 0 Å². The Morgan fingerprint density at radius 3 is 2.50 bits per heavy atom. The van der Waals surface area contributed by atoms with Gasteiger partial charge in [-0.25, -0.2) is 0 Å². The minimum absolute atomic E-state index is 0.215. The van der Waals surface area contributed by atoms with Crippen molar-refractivity contribution in [2.24, 2.45) is 11.8 Å². The summed E-state index contributed by atoms with van der Waals surface area (Å²) < 4.78 is 0. The average Bonchev–Trinajstić information content (AvgIpc) is 2.67. The van der Waals surface area contributed by atoms with Crippen LogP contribution in [-0.4, -0.2) is 12.1 Å². The van der Waals surface area contributed by atoms with Gasteiger partial charge < -0.3 is 5.32 Å². The van der Waals surface area contributed by atoms with Gasteiger partial charge in [0, 0.05) is 22.4 Å². The van der Waals surface area contributed by atoms with E-state index in [4.69, 9.17) is 0 Å². The third kappa shape index (κ3) is 2.97. The molecule has 1 fully saturated rings. The number of hydrogen-bond acceptors (Lipinski definition) is 2. The van der Waals surface area contributed by atoms with E-state index in [1.807, 2.05) is 11.3 Å². The van der Waals surface area contributed by atoms with Gasteiger partial charge in [0.2, 0.25) is 0 Å². The van der Waals surface area contributed by atoms with Gasteiger partial charge >= 0.3 is 0 Å². The van der Waals surface area contributed by atoms with Gasteiger partial charge in [0.25, 0.3) is 0 Å². The lowest BCUT2D eigenvalue weighted by atomic mass is 9.58. The van der Waals surface area contributed by atoms with Crippen molar-refractivity contribution in [2.75, 3.05) is 6.54 Å². The summed E-state index contributed by atoms with van der Waals surface area (Å²) in [5.74, 6) is 1.74. The normalized spacial score (nSPS) is 28.4. The highest BCUT2D eigenvalue weighted by Gasteiger charge is 2.47. The number of nitrogens with one attached hydrogen (secondary N) is 1. The summed E-state index contributed by atoms with van der Waals surface area (Å²) in [5.41, 5.74) is 0.629. The predicted molar refractivity (Wildman–Crippen MR) is 81.3 cm³/mol. The number of thiophene rings is 1. The fraction of sp³-hybridized carbons (Fsp3) is 0.750. The molecule has 1 N–H and O–H groups in total. The highest BCUT2D eigenvalue weighted by Crippen LogP contribution is 2.51. The molecule has 2 heteroatoms. The Morgan fingerprint density at radius 2 is 2.06 bits per heavy atom. The van der Waals surface area contributed by atoms with E-state index in [0.29, 0.717) is 5.41 Å². The molecule has 1 nitrogen and oxygen atoms in total. The first-order valence-corrected chi connectivity index (χ1v) is 7.99. The van der Waals surface area contributed by atoms with E-state index in [-0.39, 0.29) is 5.54 Å². The maximum atomic E-state index is 3.72. The van der Waals surface area contributed by atoms with Crippen LogP contribution in [0.15, 0.2) is 17.5 Å². The molecule has 0 spiro atoms. The summed E-state index contributed by atoms with van der Waals surface area (Å²) in [6.45, 7) is 12.6. The van der Waals surface area contributed by atoms with E-state index in [9.17, 15) is 0 Å². The van der Waals surface area contributed by atoms with Crippen LogP contribution in [0.2, 0.25) is 0 Å². The van der Waals surface area contributed by atoms with Crippen molar-refractivity contribution in [1.82, 2.24) is 5.32 Å². The maximum absolute atomic E-state index is 3.72. The molecule has 1 saturated carbocycles. The molecule has 1 aromatic heterocycles. The molecular formula is C16H27NS. The lowest BCUT2D eigenvalue weighted by Gasteiger charge is -2.50. The standard InChI is InChI=1S/C16H27NS/c1-12(2)13-9-16(10-13,11-17-15(3,4)5)14-7-6-8-18-14/h6-8,12-13,17H,9-11H2,1-5H3. The van der Waals surface area contributed by atoms with Crippen molar-refractivity contribution in [3.8, 4) is 0 Å². The first-order chi connectivity index (χ1) is 8.32. The SMILES string of the molecule is CC(C)C1CC(CNC(C)(C)C)(c2cccs2)C1. The zero-order valence-corrected chi connectivity index (χ0v) is 13.2. The Balaban J connectivity index is 2.07. The molecule has 0 unspecified atom stereocenters. The van der Waals surface area contributed by atoms with Crippen molar-refractivity contribution in [1.29, 1.82) is 0 Å². The first kappa shape index (κ1) is 14.1. The Hall–Kier alpha value is -0.340. The quantitative estimate of drug-likeness (QED) is 0.848. The molecule has 0 amide bonds. The highest BCUT2D eigenvalue weighted by molar-refractivity contribution is 7.10. The van der Waals surface area contributed by atoms with Crippen molar-refractivity contribution >= 4 is 11.3 Å². The van der Waals surface area contributed by atoms with Crippen LogP contribution in [-0.2, 0) is 5.41 Å². The van der Waals surface area contributed by atoms with Crippen LogP contribution in [0.1, 0.15) is 52.3 Å². The molecule has 0 saturated heterocycles. The smallest absolute Gasteiger partial charge is 0.0177 e. The lowest BCUT2D eigenvalue weighted by Crippen LogP contribution is -2.53. The lowest BCUT2D eigenvalue weighted by molar-refractivity contribution is 0.0941. The number of rotatable bonds is 4. The van der Waals surface area contributed by atoms with E-state index < -0.39 is 0 Å². The van der Waals surface area contributed by atoms with Gasteiger partial charge in [0.1, 0.15) is 0 Å². The predicted octanol–water partition coefficient (Wildman–Crippen LogP) is 4.44. The Labute approximate surface area is 116 Å². The van der Waals surface area contributed by atoms with Crippen molar-refractivity contribution in [3.05, 3.63) is 22.4 Å². The summed E-state index contributed by atoms with van der Waals surface area (Å²) >= 11 is 1.93. The molecule has 2 rings (SSSR count). The minimum atomic E-state index is 0.215. The fourth-order valence-corrected chi connectivity index (χ4v) is 3.81. The van der Waals surface area contributed by atoms with Gasteiger partial charge in [-0.1, -0.05) is 19.9 Å². The van der Waals surface area contributed by atoms with E-state index >= 15 is 0 Å². The molecule has 0 bridgehead atoms. The molecule has 102 valence electrons. The summed E-state index contributed by atoms with van der Waals surface area (Å²) in [5, 5.41) is 5.94. The van der Waals surface area contributed by atoms with E-state index in [1.54, 1.807) is 4.88 Å². The third-order valence-electron chi connectivity index (χ3n) is 4.25. The second kappa shape index (κ2) is 4.97. The van der Waals surface area contributed by atoms with Crippen LogP contribution < -0.4 is 5.32 Å². The first-order valence-electron chi connectivity index (χ1n) is 7.11. The largest absolute Gasteiger partial charge is 0.311 e. The van der Waals surface area contributed by atoms with Gasteiger partial charge in [-0.15, -0.1) is 11.3 Å². The molecule has 0 atom stereocenters. The van der Waals surface area contributed by atoms with Crippen LogP contribution in [0.5, 0.6) is 0 Å². The summed E-state index contributed by atoms with van der Waals surface area (Å²) in [4.78, 5) is 1.58. The van der Waals surface area contributed by atoms with Gasteiger partial charge in [0.15, 0.2) is 0 Å². The topological polar surface area (TPSA) is 12.0 Å². The van der Waals surface area contributed by atoms with Crippen LogP contribution in [0.4, 0.5) is 0 Å². The second-order valence-electron chi connectivity index (χ2n) is 7.27. The maximum Gasteiger partial charge on any atom is 0.0177 e. The zero-order valence-electron chi connectivity index (χ0n) is 12.4. The third-order valence-corrected chi connectivity index (χ3v) is 5.37. The van der Waals surface area contributed by atoms with Crippen molar-refractivity contribution in [2.45, 2.75) is 58.4 Å². The van der Waals surface area contributed by atoms with Gasteiger partial charge in [0.05, 0.1) is 0 Å². The van der Waals surface area contributed by atoms with E-state index in [0.717, 1.165) is 18.4 Å². The second-order valence-corrected chi connectivity index (χ2v) is 8.22. The molecule has 0 aliphatic heterocycles. The van der Waals surface area contributed by atoms with E-state index in [2.05, 4.69) is 57.4 Å². The van der Waals surface area contributed by atoms with Crippen LogP contribution >= 0.6 is 11.3 Å². The molecule has 1 aliphatic rings. The summed E-state index contributed by atoms with van der Waals surface area (Å²) in [7, 11) is 0. The summed E-state index contributed by atoms with van der Waals surface area (Å²) in [6, 6.07) is 4.52. The van der Waals surface area contributed by atoms with Crippen LogP contribution in [0.3, 0.4) is 0 Å². The van der Waals surface area contributed by atoms with Gasteiger partial charge in [-0.05, 0) is 56.9 Å². The molecule has 0 radical (unpaired) electrons. The van der Waals surface area contributed by atoms with Gasteiger partial charge in [-0.2, -0.15) is 0 Å². The Kier molecular flexibility index (Phi) is 3.89. The van der Waals surface area contributed by atoms with Crippen LogP contribution in [0, 0.1) is 11.8 Å². The molecular weight excluding hydrogens is 238 g/mol. The molecule has 1 aromatic rings. The van der Waals surface area contributed by atoms with Crippen LogP contribution in [0.25, 0.3) is 0 Å². The Bertz CT molecular complexity index is 366. The molecule has 1 heterocycles. The zero-order chi connectivity index (χ0) is 13.4. The minimum Gasteiger partial charge on any atom is -0.311 e. The monoisotopic (exact) mass is 265 g/mol. The molecule has 1 aliphatic carbocycles. The Morgan fingerprint density at radius 1 is 1.39 bits per heavy atom. The molecule has 0 aromatic carbocycles.